The van der Waals surface area contributed by atoms with E-state index in [1.54, 1.807) is 30.3 Å². The van der Waals surface area contributed by atoms with Crippen molar-refractivity contribution >= 4 is 16.8 Å². The van der Waals surface area contributed by atoms with Crippen LogP contribution in [0.25, 0.3) is 22.7 Å². The standard InChI is InChI=1S/C12H9N3O2/c13-7-4-5-8-10(6-7)17-12(15-8)9-2-1-3-11(16)14-9/h1-6H,13H2,(H,14,16). The van der Waals surface area contributed by atoms with Gasteiger partial charge in [0.2, 0.25) is 11.4 Å². The first kappa shape index (κ1) is 9.65. The third-order valence-electron chi connectivity index (χ3n) is 2.41. The molecule has 0 amide bonds. The second kappa shape index (κ2) is 3.48. The molecule has 5 nitrogen and oxygen atoms in total. The summed E-state index contributed by atoms with van der Waals surface area (Å²) >= 11 is 0. The number of oxazole rings is 1. The molecule has 2 aromatic heterocycles. The lowest BCUT2D eigenvalue weighted by Gasteiger charge is -1.92. The van der Waals surface area contributed by atoms with Gasteiger partial charge >= 0.3 is 0 Å². The maximum absolute atomic E-state index is 11.2. The highest BCUT2D eigenvalue weighted by molar-refractivity contribution is 5.78. The summed E-state index contributed by atoms with van der Waals surface area (Å²) in [6.45, 7) is 0. The largest absolute Gasteiger partial charge is 0.435 e. The van der Waals surface area contributed by atoms with E-state index < -0.39 is 0 Å². The molecule has 0 aliphatic carbocycles. The maximum Gasteiger partial charge on any atom is 0.248 e. The van der Waals surface area contributed by atoms with Crippen LogP contribution in [0.2, 0.25) is 0 Å². The van der Waals surface area contributed by atoms with Crippen LogP contribution in [-0.4, -0.2) is 9.97 Å². The number of nitrogen functional groups attached to an aromatic ring is 1. The van der Waals surface area contributed by atoms with Gasteiger partial charge in [0.25, 0.3) is 0 Å². The van der Waals surface area contributed by atoms with Crippen molar-refractivity contribution in [3.8, 4) is 11.6 Å². The molecule has 0 saturated heterocycles. The number of aromatic nitrogens is 2. The summed E-state index contributed by atoms with van der Waals surface area (Å²) in [6.07, 6.45) is 0. The van der Waals surface area contributed by atoms with Gasteiger partial charge in [-0.3, -0.25) is 4.79 Å². The number of fused-ring (bicyclic) bond motifs is 1. The molecule has 0 aliphatic heterocycles. The lowest BCUT2D eigenvalue weighted by molar-refractivity contribution is 0.616. The summed E-state index contributed by atoms with van der Waals surface area (Å²) in [5.41, 5.74) is 7.93. The Morgan fingerprint density at radius 3 is 2.94 bits per heavy atom. The Morgan fingerprint density at radius 1 is 1.24 bits per heavy atom. The number of benzene rings is 1. The van der Waals surface area contributed by atoms with Crippen molar-refractivity contribution in [3.05, 3.63) is 46.8 Å². The first-order valence-corrected chi connectivity index (χ1v) is 5.08. The number of hydrogen-bond donors (Lipinski definition) is 2. The second-order valence-corrected chi connectivity index (χ2v) is 3.67. The Kier molecular flexibility index (Phi) is 1.98. The van der Waals surface area contributed by atoms with E-state index >= 15 is 0 Å². The minimum absolute atomic E-state index is 0.190. The fraction of sp³-hybridized carbons (Fsp3) is 0. The molecule has 0 radical (unpaired) electrons. The lowest BCUT2D eigenvalue weighted by atomic mass is 10.3. The maximum atomic E-state index is 11.2. The van der Waals surface area contributed by atoms with E-state index in [-0.39, 0.29) is 5.56 Å². The molecule has 17 heavy (non-hydrogen) atoms. The normalized spacial score (nSPS) is 10.8. The summed E-state index contributed by atoms with van der Waals surface area (Å²) in [7, 11) is 0. The first-order valence-electron chi connectivity index (χ1n) is 5.08. The predicted octanol–water partition coefficient (Wildman–Crippen LogP) is 1.77. The number of nitrogens with one attached hydrogen (secondary N) is 1. The summed E-state index contributed by atoms with van der Waals surface area (Å²) < 4.78 is 5.53. The van der Waals surface area contributed by atoms with Crippen molar-refractivity contribution in [2.75, 3.05) is 5.73 Å². The molecule has 0 bridgehead atoms. The van der Waals surface area contributed by atoms with Crippen molar-refractivity contribution in [3.63, 3.8) is 0 Å². The Labute approximate surface area is 95.9 Å². The van der Waals surface area contributed by atoms with Crippen LogP contribution in [0.1, 0.15) is 0 Å². The summed E-state index contributed by atoms with van der Waals surface area (Å²) in [5.74, 6) is 0.378. The zero-order chi connectivity index (χ0) is 11.8. The van der Waals surface area contributed by atoms with Crippen LogP contribution in [0.4, 0.5) is 5.69 Å². The molecule has 3 N–H and O–H groups in total. The van der Waals surface area contributed by atoms with Gasteiger partial charge in [-0.05, 0) is 18.2 Å². The van der Waals surface area contributed by atoms with Gasteiger partial charge in [-0.15, -0.1) is 0 Å². The third kappa shape index (κ3) is 1.67. The van der Waals surface area contributed by atoms with Crippen molar-refractivity contribution in [2.24, 2.45) is 0 Å². The topological polar surface area (TPSA) is 84.9 Å². The molecule has 2 heterocycles. The van der Waals surface area contributed by atoms with E-state index in [2.05, 4.69) is 9.97 Å². The van der Waals surface area contributed by atoms with E-state index in [0.717, 1.165) is 0 Å². The van der Waals surface area contributed by atoms with E-state index in [9.17, 15) is 4.79 Å². The average molecular weight is 227 g/mol. The molecule has 0 fully saturated rings. The van der Waals surface area contributed by atoms with Gasteiger partial charge in [0.05, 0.1) is 0 Å². The molecule has 1 aromatic carbocycles. The summed E-state index contributed by atoms with van der Waals surface area (Å²) in [5, 5.41) is 0. The van der Waals surface area contributed by atoms with E-state index in [1.807, 2.05) is 0 Å². The van der Waals surface area contributed by atoms with Crippen molar-refractivity contribution in [2.45, 2.75) is 0 Å². The van der Waals surface area contributed by atoms with E-state index in [4.69, 9.17) is 10.2 Å². The number of hydrogen-bond acceptors (Lipinski definition) is 4. The summed E-state index contributed by atoms with van der Waals surface area (Å²) in [4.78, 5) is 18.1. The molecular formula is C12H9N3O2. The molecular weight excluding hydrogens is 218 g/mol. The fourth-order valence-electron chi connectivity index (χ4n) is 1.63. The number of nitrogens with zero attached hydrogens (tertiary/aromatic N) is 1. The van der Waals surface area contributed by atoms with Gasteiger partial charge < -0.3 is 15.1 Å². The number of pyridine rings is 1. The smallest absolute Gasteiger partial charge is 0.248 e. The molecule has 3 rings (SSSR count). The molecule has 84 valence electrons. The van der Waals surface area contributed by atoms with Gasteiger partial charge in [-0.25, -0.2) is 4.98 Å². The molecule has 0 aliphatic rings. The highest BCUT2D eigenvalue weighted by atomic mass is 16.3. The van der Waals surface area contributed by atoms with E-state index in [0.29, 0.717) is 28.4 Å². The van der Waals surface area contributed by atoms with Crippen molar-refractivity contribution in [1.82, 2.24) is 9.97 Å². The highest BCUT2D eigenvalue weighted by Crippen LogP contribution is 2.23. The van der Waals surface area contributed by atoms with Crippen LogP contribution in [-0.2, 0) is 0 Å². The molecule has 0 atom stereocenters. The minimum atomic E-state index is -0.190. The van der Waals surface area contributed by atoms with Crippen LogP contribution in [0.15, 0.2) is 45.6 Å². The lowest BCUT2D eigenvalue weighted by Crippen LogP contribution is -2.03. The first-order chi connectivity index (χ1) is 8.22. The van der Waals surface area contributed by atoms with Crippen molar-refractivity contribution in [1.29, 1.82) is 0 Å². The predicted molar refractivity (Wildman–Crippen MR) is 64.5 cm³/mol. The Bertz CT molecular complexity index is 743. The molecule has 3 aromatic rings. The molecule has 0 unspecified atom stereocenters. The number of aromatic amines is 1. The van der Waals surface area contributed by atoms with Gasteiger partial charge in [0.15, 0.2) is 5.58 Å². The monoisotopic (exact) mass is 227 g/mol. The number of anilines is 1. The quantitative estimate of drug-likeness (QED) is 0.620. The second-order valence-electron chi connectivity index (χ2n) is 3.67. The average Bonchev–Trinajstić information content (AvgIpc) is 2.72. The van der Waals surface area contributed by atoms with Gasteiger partial charge in [-0.2, -0.15) is 0 Å². The van der Waals surface area contributed by atoms with Crippen LogP contribution >= 0.6 is 0 Å². The Balaban J connectivity index is 2.21. The van der Waals surface area contributed by atoms with Crippen LogP contribution in [0, 0.1) is 0 Å². The Hall–Kier alpha value is -2.56. The van der Waals surface area contributed by atoms with Crippen LogP contribution < -0.4 is 11.3 Å². The fourth-order valence-corrected chi connectivity index (χ4v) is 1.63. The third-order valence-corrected chi connectivity index (χ3v) is 2.41. The number of rotatable bonds is 1. The van der Waals surface area contributed by atoms with Gasteiger partial charge in [-0.1, -0.05) is 6.07 Å². The SMILES string of the molecule is Nc1ccc2nc(-c3cccc(=O)[nH]3)oc2c1. The molecule has 0 saturated carbocycles. The van der Waals surface area contributed by atoms with Crippen molar-refractivity contribution < 1.29 is 4.42 Å². The minimum Gasteiger partial charge on any atom is -0.435 e. The molecule has 0 spiro atoms. The van der Waals surface area contributed by atoms with Gasteiger partial charge in [0.1, 0.15) is 11.2 Å². The zero-order valence-corrected chi connectivity index (χ0v) is 8.81. The van der Waals surface area contributed by atoms with Crippen LogP contribution in [0.3, 0.4) is 0 Å². The van der Waals surface area contributed by atoms with E-state index in [1.165, 1.54) is 6.07 Å². The number of H-pyrrole nitrogens is 1. The molecule has 5 heteroatoms. The highest BCUT2D eigenvalue weighted by Gasteiger charge is 2.08. The van der Waals surface area contributed by atoms with Gasteiger partial charge in [0, 0.05) is 17.8 Å². The summed E-state index contributed by atoms with van der Waals surface area (Å²) in [6, 6.07) is 10.0. The number of nitrogens with two attached hydrogens (primary N) is 1. The van der Waals surface area contributed by atoms with Crippen LogP contribution in [0.5, 0.6) is 0 Å². The zero-order valence-electron chi connectivity index (χ0n) is 8.81. The Morgan fingerprint density at radius 2 is 2.12 bits per heavy atom.